The molecule has 0 aliphatic carbocycles. The minimum Gasteiger partial charge on any atom is -0.462 e. The number of nitrogens with one attached hydrogen (secondary N) is 1. The van der Waals surface area contributed by atoms with E-state index < -0.39 is 21.8 Å². The lowest BCUT2D eigenvalue weighted by molar-refractivity contribution is 0.0528. The highest BCUT2D eigenvalue weighted by Gasteiger charge is 2.28. The molecule has 0 unspecified atom stereocenters. The lowest BCUT2D eigenvalue weighted by Crippen LogP contribution is -2.24. The number of hydrogen-bond donors (Lipinski definition) is 1. The zero-order chi connectivity index (χ0) is 18.7. The monoisotopic (exact) mass is 393 g/mol. The van der Waals surface area contributed by atoms with Crippen molar-refractivity contribution in [1.29, 1.82) is 0 Å². The van der Waals surface area contributed by atoms with Gasteiger partial charge in [-0.15, -0.1) is 11.3 Å². The second-order valence-corrected chi connectivity index (χ2v) is 8.18. The third-order valence-electron chi connectivity index (χ3n) is 3.66. The van der Waals surface area contributed by atoms with Gasteiger partial charge in [-0.2, -0.15) is 0 Å². The minimum absolute atomic E-state index is 0.0188. The predicted octanol–water partition coefficient (Wildman–Crippen LogP) is 3.70. The Morgan fingerprint density at radius 2 is 1.85 bits per heavy atom. The summed E-state index contributed by atoms with van der Waals surface area (Å²) in [7, 11) is -3.98. The molecule has 1 aromatic heterocycles. The normalized spacial score (nSPS) is 11.6. The Bertz CT molecular complexity index is 1040. The lowest BCUT2D eigenvalue weighted by atomic mass is 10.2. The molecule has 0 spiro atoms. The number of rotatable bonds is 6. The van der Waals surface area contributed by atoms with Crippen LogP contribution in [0.1, 0.15) is 22.2 Å². The Labute approximate surface area is 154 Å². The van der Waals surface area contributed by atoms with Gasteiger partial charge in [0.25, 0.3) is 0 Å². The van der Waals surface area contributed by atoms with Gasteiger partial charge in [0.2, 0.25) is 10.0 Å². The fraction of sp³-hybridized carbons (Fsp3) is 0.167. The highest BCUT2D eigenvalue weighted by molar-refractivity contribution is 7.90. The van der Waals surface area contributed by atoms with Crippen LogP contribution in [0.2, 0.25) is 0 Å². The van der Waals surface area contributed by atoms with Crippen LogP contribution in [0, 0.1) is 5.82 Å². The molecule has 0 radical (unpaired) electrons. The largest absolute Gasteiger partial charge is 0.462 e. The second kappa shape index (κ2) is 7.53. The fourth-order valence-corrected chi connectivity index (χ4v) is 5.28. The maximum atomic E-state index is 13.0. The molecule has 3 aromatic rings. The maximum Gasteiger partial charge on any atom is 0.349 e. The Morgan fingerprint density at radius 3 is 2.54 bits per heavy atom. The molecule has 0 bridgehead atoms. The zero-order valence-corrected chi connectivity index (χ0v) is 15.5. The summed E-state index contributed by atoms with van der Waals surface area (Å²) in [6.07, 6.45) is 0. The average molecular weight is 393 g/mol. The van der Waals surface area contributed by atoms with E-state index >= 15 is 0 Å². The summed E-state index contributed by atoms with van der Waals surface area (Å²) in [4.78, 5) is 12.2. The van der Waals surface area contributed by atoms with Crippen LogP contribution in [0.15, 0.2) is 53.4 Å². The van der Waals surface area contributed by atoms with Crippen molar-refractivity contribution >= 4 is 37.4 Å². The van der Waals surface area contributed by atoms with Crippen LogP contribution in [0.25, 0.3) is 10.1 Å². The van der Waals surface area contributed by atoms with Crippen LogP contribution in [-0.4, -0.2) is 21.0 Å². The Balaban J connectivity index is 1.99. The van der Waals surface area contributed by atoms with E-state index in [0.29, 0.717) is 15.6 Å². The summed E-state index contributed by atoms with van der Waals surface area (Å²) in [5.74, 6) is -1.07. The van der Waals surface area contributed by atoms with Crippen LogP contribution in [0.5, 0.6) is 0 Å². The molecular weight excluding hydrogens is 377 g/mol. The van der Waals surface area contributed by atoms with Gasteiger partial charge in [-0.05, 0) is 30.7 Å². The number of sulfonamides is 1. The first-order valence-corrected chi connectivity index (χ1v) is 10.1. The van der Waals surface area contributed by atoms with Crippen molar-refractivity contribution in [3.63, 3.8) is 0 Å². The lowest BCUT2D eigenvalue weighted by Gasteiger charge is -2.08. The quantitative estimate of drug-likeness (QED) is 0.648. The van der Waals surface area contributed by atoms with Gasteiger partial charge in [-0.1, -0.05) is 30.3 Å². The molecular formula is C18H16FNO4S2. The average Bonchev–Trinajstić information content (AvgIpc) is 3.02. The van der Waals surface area contributed by atoms with E-state index in [-0.39, 0.29) is 22.9 Å². The Morgan fingerprint density at radius 1 is 1.15 bits per heavy atom. The molecule has 8 heteroatoms. The third kappa shape index (κ3) is 3.77. The second-order valence-electron chi connectivity index (χ2n) is 5.43. The fourth-order valence-electron chi connectivity index (χ4n) is 2.47. The molecule has 1 N–H and O–H groups in total. The maximum absolute atomic E-state index is 13.0. The first-order valence-electron chi connectivity index (χ1n) is 7.85. The van der Waals surface area contributed by atoms with Crippen molar-refractivity contribution in [2.75, 3.05) is 6.61 Å². The number of fused-ring (bicyclic) bond motifs is 1. The number of carbonyl (C=O) groups is 1. The number of thiophene rings is 1. The van der Waals surface area contributed by atoms with Crippen molar-refractivity contribution in [3.8, 4) is 0 Å². The molecule has 0 fully saturated rings. The van der Waals surface area contributed by atoms with Crippen LogP contribution >= 0.6 is 11.3 Å². The van der Waals surface area contributed by atoms with Gasteiger partial charge in [0.05, 0.1) is 6.61 Å². The van der Waals surface area contributed by atoms with Gasteiger partial charge in [0.1, 0.15) is 15.6 Å². The van der Waals surface area contributed by atoms with E-state index in [1.807, 2.05) is 0 Å². The Kier molecular flexibility index (Phi) is 5.36. The summed E-state index contributed by atoms with van der Waals surface area (Å²) in [5.41, 5.74) is 0.604. The number of carbonyl (C=O) groups excluding carboxylic acids is 1. The van der Waals surface area contributed by atoms with E-state index in [1.165, 1.54) is 24.3 Å². The first kappa shape index (κ1) is 18.5. The van der Waals surface area contributed by atoms with Crippen LogP contribution in [0.3, 0.4) is 0 Å². The molecule has 3 rings (SSSR count). The highest BCUT2D eigenvalue weighted by atomic mass is 32.2. The number of ether oxygens (including phenoxy) is 1. The van der Waals surface area contributed by atoms with E-state index in [1.54, 1.807) is 31.2 Å². The summed E-state index contributed by atoms with van der Waals surface area (Å²) in [6.45, 7) is 1.79. The van der Waals surface area contributed by atoms with E-state index in [9.17, 15) is 17.6 Å². The van der Waals surface area contributed by atoms with Crippen LogP contribution in [0.4, 0.5) is 4.39 Å². The van der Waals surface area contributed by atoms with Gasteiger partial charge >= 0.3 is 5.97 Å². The smallest absolute Gasteiger partial charge is 0.349 e. The predicted molar refractivity (Wildman–Crippen MR) is 98.2 cm³/mol. The van der Waals surface area contributed by atoms with Crippen molar-refractivity contribution in [1.82, 2.24) is 4.72 Å². The number of benzene rings is 2. The molecule has 2 aromatic carbocycles. The summed E-state index contributed by atoms with van der Waals surface area (Å²) in [5, 5.41) is 0.465. The summed E-state index contributed by atoms with van der Waals surface area (Å²) in [6, 6.07) is 12.4. The van der Waals surface area contributed by atoms with Crippen molar-refractivity contribution in [2.45, 2.75) is 18.4 Å². The topological polar surface area (TPSA) is 72.5 Å². The van der Waals surface area contributed by atoms with E-state index in [2.05, 4.69) is 4.72 Å². The molecule has 26 heavy (non-hydrogen) atoms. The molecule has 0 saturated heterocycles. The molecule has 0 aliphatic rings. The van der Waals surface area contributed by atoms with Crippen molar-refractivity contribution in [2.24, 2.45) is 0 Å². The molecule has 0 saturated carbocycles. The zero-order valence-electron chi connectivity index (χ0n) is 13.9. The first-order chi connectivity index (χ1) is 12.4. The summed E-state index contributed by atoms with van der Waals surface area (Å²) >= 11 is 1.08. The standard InChI is InChI=1S/C18H16FNO4S2/c1-2-24-18(21)16-17(14-5-3-4-6-15(14)25-16)26(22,23)20-11-12-7-9-13(19)10-8-12/h3-10,20H,2,11H2,1H3. The molecule has 0 aliphatic heterocycles. The SMILES string of the molecule is CCOC(=O)c1sc2ccccc2c1S(=O)(=O)NCc1ccc(F)cc1. The molecule has 0 amide bonds. The van der Waals surface area contributed by atoms with E-state index in [0.717, 1.165) is 11.3 Å². The number of halogens is 1. The van der Waals surface area contributed by atoms with Crippen LogP contribution in [-0.2, 0) is 21.3 Å². The molecule has 136 valence electrons. The molecule has 0 atom stereocenters. The molecule has 1 heterocycles. The van der Waals surface area contributed by atoms with E-state index in [4.69, 9.17) is 4.74 Å². The van der Waals surface area contributed by atoms with Gasteiger partial charge in [0, 0.05) is 16.6 Å². The summed E-state index contributed by atoms with van der Waals surface area (Å²) < 4.78 is 46.9. The van der Waals surface area contributed by atoms with Crippen molar-refractivity contribution < 1.29 is 22.3 Å². The number of esters is 1. The highest BCUT2D eigenvalue weighted by Crippen LogP contribution is 2.35. The van der Waals surface area contributed by atoms with Gasteiger partial charge in [-0.3, -0.25) is 0 Å². The van der Waals surface area contributed by atoms with Crippen molar-refractivity contribution in [3.05, 3.63) is 64.8 Å². The minimum atomic E-state index is -3.98. The van der Waals surface area contributed by atoms with Gasteiger partial charge in [-0.25, -0.2) is 22.3 Å². The molecule has 5 nitrogen and oxygen atoms in total. The van der Waals surface area contributed by atoms with Crippen LogP contribution < -0.4 is 4.72 Å². The third-order valence-corrected chi connectivity index (χ3v) is 6.42. The number of hydrogen-bond acceptors (Lipinski definition) is 5. The van der Waals surface area contributed by atoms with Gasteiger partial charge in [0.15, 0.2) is 0 Å². The van der Waals surface area contributed by atoms with Gasteiger partial charge < -0.3 is 4.74 Å². The Hall–Kier alpha value is -2.29.